The molecule has 0 saturated heterocycles. The van der Waals surface area contributed by atoms with Gasteiger partial charge in [0.2, 0.25) is 5.41 Å². The van der Waals surface area contributed by atoms with Crippen LogP contribution in [0.1, 0.15) is 40.0 Å². The van der Waals surface area contributed by atoms with Crippen molar-refractivity contribution in [2.75, 3.05) is 0 Å². The second-order valence-electron chi connectivity index (χ2n) is 5.45. The highest BCUT2D eigenvalue weighted by Crippen LogP contribution is 2.53. The van der Waals surface area contributed by atoms with Crippen LogP contribution in [0.15, 0.2) is 23.3 Å². The van der Waals surface area contributed by atoms with Crippen LogP contribution in [-0.4, -0.2) is 0 Å². The molecule has 1 atom stereocenters. The molecular formula is C17H18N4. The molecule has 1 aliphatic carbocycles. The van der Waals surface area contributed by atoms with Gasteiger partial charge in [0.05, 0.1) is 24.3 Å². The SMILES string of the molecule is CCCC/C(C)=C1\C=CC(C)C(C#N)(C#N)C1(C#N)C#N. The largest absolute Gasteiger partial charge is 0.200 e. The van der Waals surface area contributed by atoms with E-state index in [2.05, 4.69) is 6.92 Å². The molecule has 0 saturated carbocycles. The van der Waals surface area contributed by atoms with E-state index in [9.17, 15) is 21.0 Å². The molecule has 1 unspecified atom stereocenters. The fourth-order valence-electron chi connectivity index (χ4n) is 2.82. The summed E-state index contributed by atoms with van der Waals surface area (Å²) in [5.74, 6) is -0.477. The summed E-state index contributed by atoms with van der Waals surface area (Å²) in [7, 11) is 0. The lowest BCUT2D eigenvalue weighted by Crippen LogP contribution is -2.46. The van der Waals surface area contributed by atoms with E-state index < -0.39 is 16.7 Å². The Bertz CT molecular complexity index is 612. The highest BCUT2D eigenvalue weighted by atomic mass is 14.6. The molecule has 21 heavy (non-hydrogen) atoms. The van der Waals surface area contributed by atoms with Gasteiger partial charge in [-0.25, -0.2) is 0 Å². The zero-order valence-corrected chi connectivity index (χ0v) is 12.6. The highest BCUT2D eigenvalue weighted by Gasteiger charge is 2.61. The van der Waals surface area contributed by atoms with E-state index in [1.807, 2.05) is 31.2 Å². The molecule has 0 aromatic rings. The summed E-state index contributed by atoms with van der Waals surface area (Å²) in [6.45, 7) is 5.63. The van der Waals surface area contributed by atoms with E-state index in [0.717, 1.165) is 24.8 Å². The molecule has 1 rings (SSSR count). The molecular weight excluding hydrogens is 260 g/mol. The minimum atomic E-state index is -1.73. The number of hydrogen-bond donors (Lipinski definition) is 0. The van der Waals surface area contributed by atoms with Gasteiger partial charge in [-0.3, -0.25) is 0 Å². The highest BCUT2D eigenvalue weighted by molar-refractivity contribution is 5.54. The number of nitrogens with zero attached hydrogens (tertiary/aromatic N) is 4. The molecule has 0 radical (unpaired) electrons. The van der Waals surface area contributed by atoms with Crippen LogP contribution in [0.25, 0.3) is 0 Å². The van der Waals surface area contributed by atoms with Gasteiger partial charge in [0.15, 0.2) is 5.41 Å². The van der Waals surface area contributed by atoms with Crippen LogP contribution in [0.4, 0.5) is 0 Å². The van der Waals surface area contributed by atoms with Crippen molar-refractivity contribution in [3.8, 4) is 24.3 Å². The van der Waals surface area contributed by atoms with Crippen molar-refractivity contribution in [1.29, 1.82) is 21.0 Å². The Kier molecular flexibility index (Phi) is 4.92. The number of rotatable bonds is 3. The normalized spacial score (nSPS) is 24.0. The number of nitriles is 4. The van der Waals surface area contributed by atoms with E-state index in [1.165, 1.54) is 0 Å². The molecule has 0 bridgehead atoms. The summed E-state index contributed by atoms with van der Waals surface area (Å²) in [6.07, 6.45) is 6.19. The average molecular weight is 278 g/mol. The van der Waals surface area contributed by atoms with Gasteiger partial charge in [-0.2, -0.15) is 21.0 Å². The molecule has 4 heteroatoms. The van der Waals surface area contributed by atoms with Crippen molar-refractivity contribution < 1.29 is 0 Å². The monoisotopic (exact) mass is 278 g/mol. The lowest BCUT2D eigenvalue weighted by atomic mass is 9.54. The Morgan fingerprint density at radius 2 is 1.71 bits per heavy atom. The predicted molar refractivity (Wildman–Crippen MR) is 77.8 cm³/mol. The van der Waals surface area contributed by atoms with Crippen molar-refractivity contribution in [2.24, 2.45) is 16.7 Å². The Morgan fingerprint density at radius 1 is 1.14 bits per heavy atom. The maximum Gasteiger partial charge on any atom is 0.200 e. The van der Waals surface area contributed by atoms with Crippen molar-refractivity contribution in [1.82, 2.24) is 0 Å². The summed E-state index contributed by atoms with van der Waals surface area (Å²) in [6, 6.07) is 7.88. The fourth-order valence-corrected chi connectivity index (χ4v) is 2.82. The van der Waals surface area contributed by atoms with Crippen LogP contribution in [0, 0.1) is 62.1 Å². The lowest BCUT2D eigenvalue weighted by molar-refractivity contribution is 0.268. The predicted octanol–water partition coefficient (Wildman–Crippen LogP) is 3.77. The van der Waals surface area contributed by atoms with Gasteiger partial charge in [0.1, 0.15) is 0 Å². The molecule has 0 aliphatic heterocycles. The van der Waals surface area contributed by atoms with Crippen LogP contribution in [-0.2, 0) is 0 Å². The van der Waals surface area contributed by atoms with E-state index in [0.29, 0.717) is 5.57 Å². The molecule has 4 nitrogen and oxygen atoms in total. The zero-order valence-electron chi connectivity index (χ0n) is 12.6. The summed E-state index contributed by atoms with van der Waals surface area (Å²) in [5, 5.41) is 38.4. The summed E-state index contributed by atoms with van der Waals surface area (Å²) >= 11 is 0. The summed E-state index contributed by atoms with van der Waals surface area (Å²) in [5.41, 5.74) is -1.99. The second-order valence-corrected chi connectivity index (χ2v) is 5.45. The minimum Gasteiger partial charge on any atom is -0.196 e. The lowest BCUT2D eigenvalue weighted by Gasteiger charge is -2.39. The molecule has 0 fully saturated rings. The van der Waals surface area contributed by atoms with Gasteiger partial charge in [-0.1, -0.05) is 38.0 Å². The van der Waals surface area contributed by atoms with Crippen LogP contribution >= 0.6 is 0 Å². The summed E-state index contributed by atoms with van der Waals surface area (Å²) in [4.78, 5) is 0. The van der Waals surface area contributed by atoms with E-state index in [-0.39, 0.29) is 0 Å². The van der Waals surface area contributed by atoms with E-state index >= 15 is 0 Å². The van der Waals surface area contributed by atoms with E-state index in [4.69, 9.17) is 0 Å². The standard InChI is InChI=1S/C17H18N4/c1-4-5-6-13(2)15-8-7-14(3)16(9-18,10-19)17(15,11-20)12-21/h7-8,14H,4-6H2,1-3H3/b15-13+. The zero-order chi connectivity index (χ0) is 16.1. The van der Waals surface area contributed by atoms with Crippen LogP contribution in [0.2, 0.25) is 0 Å². The smallest absolute Gasteiger partial charge is 0.196 e. The van der Waals surface area contributed by atoms with Crippen molar-refractivity contribution in [3.05, 3.63) is 23.3 Å². The third-order valence-corrected chi connectivity index (χ3v) is 4.28. The third kappa shape index (κ3) is 2.20. The van der Waals surface area contributed by atoms with Gasteiger partial charge in [-0.15, -0.1) is 0 Å². The minimum absolute atomic E-state index is 0.477. The maximum atomic E-state index is 9.66. The van der Waals surface area contributed by atoms with Gasteiger partial charge < -0.3 is 0 Å². The topological polar surface area (TPSA) is 95.2 Å². The van der Waals surface area contributed by atoms with Gasteiger partial charge in [0.25, 0.3) is 0 Å². The Balaban J connectivity index is 3.68. The molecule has 0 aromatic heterocycles. The van der Waals surface area contributed by atoms with Gasteiger partial charge in [0, 0.05) is 5.92 Å². The maximum absolute atomic E-state index is 9.66. The fraction of sp³-hybridized carbons (Fsp3) is 0.529. The first-order chi connectivity index (χ1) is 9.99. The summed E-state index contributed by atoms with van der Waals surface area (Å²) < 4.78 is 0. The van der Waals surface area contributed by atoms with Crippen LogP contribution in [0.3, 0.4) is 0 Å². The Morgan fingerprint density at radius 3 is 2.14 bits per heavy atom. The first kappa shape index (κ1) is 16.5. The first-order valence-corrected chi connectivity index (χ1v) is 7.03. The number of allylic oxidation sites excluding steroid dienone is 4. The number of hydrogen-bond acceptors (Lipinski definition) is 4. The van der Waals surface area contributed by atoms with Crippen molar-refractivity contribution in [3.63, 3.8) is 0 Å². The first-order valence-electron chi connectivity index (χ1n) is 7.03. The molecule has 1 aliphatic rings. The Labute approximate surface area is 126 Å². The van der Waals surface area contributed by atoms with Crippen LogP contribution < -0.4 is 0 Å². The molecule has 0 spiro atoms. The van der Waals surface area contributed by atoms with E-state index in [1.54, 1.807) is 19.1 Å². The second kappa shape index (κ2) is 6.26. The molecule has 0 amide bonds. The van der Waals surface area contributed by atoms with Crippen molar-refractivity contribution in [2.45, 2.75) is 40.0 Å². The van der Waals surface area contributed by atoms with Gasteiger partial charge in [-0.05, 0) is 25.3 Å². The third-order valence-electron chi connectivity index (χ3n) is 4.28. The van der Waals surface area contributed by atoms with Crippen LogP contribution in [0.5, 0.6) is 0 Å². The quantitative estimate of drug-likeness (QED) is 0.785. The molecule has 0 N–H and O–H groups in total. The average Bonchev–Trinajstić information content (AvgIpc) is 2.52. The van der Waals surface area contributed by atoms with Gasteiger partial charge >= 0.3 is 0 Å². The molecule has 0 aromatic carbocycles. The molecule has 0 heterocycles. The molecule has 106 valence electrons. The number of unbranched alkanes of at least 4 members (excludes halogenated alkanes) is 1. The Hall–Kier alpha value is -2.56. The van der Waals surface area contributed by atoms with Crippen molar-refractivity contribution >= 4 is 0 Å².